The number of nitrogens with one attached hydrogen (secondary N) is 1. The number of benzene rings is 1. The third kappa shape index (κ3) is 4.31. The number of hydrogen-bond donors (Lipinski definition) is 1. The third-order valence-corrected chi connectivity index (χ3v) is 5.47. The molecule has 146 valence electrons. The fourth-order valence-electron chi connectivity index (χ4n) is 3.84. The highest BCUT2D eigenvalue weighted by atomic mass is 16.5. The first-order chi connectivity index (χ1) is 13.2. The highest BCUT2D eigenvalue weighted by molar-refractivity contribution is 5.28. The van der Waals surface area contributed by atoms with Crippen LogP contribution in [0, 0.1) is 0 Å². The highest BCUT2D eigenvalue weighted by Crippen LogP contribution is 2.27. The van der Waals surface area contributed by atoms with Crippen LogP contribution in [0.5, 0.6) is 5.75 Å². The summed E-state index contributed by atoms with van der Waals surface area (Å²) < 4.78 is 13.4. The maximum Gasteiger partial charge on any atom is 0.157 e. The van der Waals surface area contributed by atoms with Crippen LogP contribution >= 0.6 is 0 Å². The van der Waals surface area contributed by atoms with Crippen molar-refractivity contribution in [3.8, 4) is 5.75 Å². The molecule has 7 nitrogen and oxygen atoms in total. The van der Waals surface area contributed by atoms with E-state index in [0.29, 0.717) is 6.04 Å². The normalized spacial score (nSPS) is 22.1. The summed E-state index contributed by atoms with van der Waals surface area (Å²) in [5, 5.41) is 8.33. The third-order valence-electron chi connectivity index (χ3n) is 5.47. The molecule has 3 heterocycles. The zero-order chi connectivity index (χ0) is 18.6. The van der Waals surface area contributed by atoms with Crippen molar-refractivity contribution in [3.63, 3.8) is 0 Å². The molecule has 0 spiro atoms. The van der Waals surface area contributed by atoms with E-state index in [1.165, 1.54) is 5.56 Å². The molecule has 0 aliphatic carbocycles. The van der Waals surface area contributed by atoms with Crippen molar-refractivity contribution in [2.75, 3.05) is 46.9 Å². The molecule has 0 radical (unpaired) electrons. The standard InChI is InChI=1S/C20H29N5O2/c1-24-10-7-16(8-11-24)25-20(18-14-21-9-12-27-18)22-19(23-25)13-15-3-5-17(26-2)6-4-15/h3-6,16,18,21H,7-14H2,1-2H3/t18-/m1/s1. The molecule has 2 aliphatic heterocycles. The number of morpholine rings is 1. The largest absolute Gasteiger partial charge is 0.497 e. The topological polar surface area (TPSA) is 64.4 Å². The molecule has 2 saturated heterocycles. The van der Waals surface area contributed by atoms with Crippen LogP contribution in [0.2, 0.25) is 0 Å². The second-order valence-corrected chi connectivity index (χ2v) is 7.45. The Labute approximate surface area is 160 Å². The molecule has 2 aliphatic rings. The molecule has 0 saturated carbocycles. The van der Waals surface area contributed by atoms with Gasteiger partial charge in [0.1, 0.15) is 11.9 Å². The molecule has 1 aromatic carbocycles. The van der Waals surface area contributed by atoms with E-state index in [1.54, 1.807) is 7.11 Å². The van der Waals surface area contributed by atoms with E-state index in [9.17, 15) is 0 Å². The van der Waals surface area contributed by atoms with Crippen LogP contribution in [-0.4, -0.2) is 66.6 Å². The van der Waals surface area contributed by atoms with Gasteiger partial charge in [0, 0.05) is 19.5 Å². The van der Waals surface area contributed by atoms with Gasteiger partial charge in [0.05, 0.1) is 19.8 Å². The highest BCUT2D eigenvalue weighted by Gasteiger charge is 2.28. The fraction of sp³-hybridized carbons (Fsp3) is 0.600. The Kier molecular flexibility index (Phi) is 5.71. The first-order valence-corrected chi connectivity index (χ1v) is 9.82. The van der Waals surface area contributed by atoms with Gasteiger partial charge < -0.3 is 19.7 Å². The van der Waals surface area contributed by atoms with Crippen molar-refractivity contribution in [2.24, 2.45) is 0 Å². The van der Waals surface area contributed by atoms with Gasteiger partial charge in [-0.05, 0) is 50.7 Å². The lowest BCUT2D eigenvalue weighted by molar-refractivity contribution is 0.0171. The summed E-state index contributed by atoms with van der Waals surface area (Å²) in [6, 6.07) is 8.52. The SMILES string of the molecule is COc1ccc(Cc2nc([C@H]3CNCCO3)n(C3CCN(C)CC3)n2)cc1. The van der Waals surface area contributed by atoms with Gasteiger partial charge in [-0.15, -0.1) is 0 Å². The molecule has 27 heavy (non-hydrogen) atoms. The number of methoxy groups -OCH3 is 1. The van der Waals surface area contributed by atoms with Crippen LogP contribution < -0.4 is 10.1 Å². The van der Waals surface area contributed by atoms with Gasteiger partial charge in [-0.3, -0.25) is 0 Å². The minimum Gasteiger partial charge on any atom is -0.497 e. The molecule has 1 atom stereocenters. The Morgan fingerprint density at radius 1 is 1.22 bits per heavy atom. The molecule has 0 bridgehead atoms. The monoisotopic (exact) mass is 371 g/mol. The predicted molar refractivity (Wildman–Crippen MR) is 103 cm³/mol. The predicted octanol–water partition coefficient (Wildman–Crippen LogP) is 1.81. The van der Waals surface area contributed by atoms with Gasteiger partial charge in [-0.1, -0.05) is 12.1 Å². The Morgan fingerprint density at radius 2 is 2.00 bits per heavy atom. The van der Waals surface area contributed by atoms with Crippen molar-refractivity contribution < 1.29 is 9.47 Å². The molecule has 7 heteroatoms. The molecular weight excluding hydrogens is 342 g/mol. The van der Waals surface area contributed by atoms with Crippen molar-refractivity contribution >= 4 is 0 Å². The van der Waals surface area contributed by atoms with Crippen molar-refractivity contribution in [3.05, 3.63) is 41.5 Å². The van der Waals surface area contributed by atoms with Crippen LogP contribution in [0.15, 0.2) is 24.3 Å². The second kappa shape index (κ2) is 8.37. The minimum absolute atomic E-state index is 0.0180. The van der Waals surface area contributed by atoms with Crippen LogP contribution in [0.4, 0.5) is 0 Å². The molecule has 1 aromatic heterocycles. The Hall–Kier alpha value is -1.96. The summed E-state index contributed by atoms with van der Waals surface area (Å²) in [6.07, 6.45) is 2.91. The number of likely N-dealkylation sites (tertiary alicyclic amines) is 1. The average Bonchev–Trinajstić information content (AvgIpc) is 3.13. The van der Waals surface area contributed by atoms with Crippen LogP contribution in [0.25, 0.3) is 0 Å². The zero-order valence-electron chi connectivity index (χ0n) is 16.2. The molecule has 2 aromatic rings. The summed E-state index contributed by atoms with van der Waals surface area (Å²) in [6.45, 7) is 4.62. The lowest BCUT2D eigenvalue weighted by atomic mass is 10.1. The van der Waals surface area contributed by atoms with E-state index in [0.717, 1.165) is 69.4 Å². The van der Waals surface area contributed by atoms with Gasteiger partial charge in [0.2, 0.25) is 0 Å². The molecule has 2 fully saturated rings. The maximum absolute atomic E-state index is 6.00. The lowest BCUT2D eigenvalue weighted by Gasteiger charge is -2.31. The first-order valence-electron chi connectivity index (χ1n) is 9.82. The average molecular weight is 371 g/mol. The van der Waals surface area contributed by atoms with E-state index in [4.69, 9.17) is 19.6 Å². The molecule has 0 amide bonds. The minimum atomic E-state index is -0.0180. The Balaban J connectivity index is 1.57. The summed E-state index contributed by atoms with van der Waals surface area (Å²) in [5.41, 5.74) is 1.19. The van der Waals surface area contributed by atoms with E-state index in [2.05, 4.69) is 34.1 Å². The summed E-state index contributed by atoms with van der Waals surface area (Å²) >= 11 is 0. The molecule has 1 N–H and O–H groups in total. The van der Waals surface area contributed by atoms with E-state index < -0.39 is 0 Å². The summed E-state index contributed by atoms with van der Waals surface area (Å²) in [5.74, 6) is 2.70. The Morgan fingerprint density at radius 3 is 2.67 bits per heavy atom. The lowest BCUT2D eigenvalue weighted by Crippen LogP contribution is -2.37. The maximum atomic E-state index is 6.00. The molecule has 4 rings (SSSR count). The van der Waals surface area contributed by atoms with Gasteiger partial charge in [-0.25, -0.2) is 9.67 Å². The van der Waals surface area contributed by atoms with Gasteiger partial charge in [0.25, 0.3) is 0 Å². The van der Waals surface area contributed by atoms with E-state index >= 15 is 0 Å². The second-order valence-electron chi connectivity index (χ2n) is 7.45. The quantitative estimate of drug-likeness (QED) is 0.865. The molecule has 0 unspecified atom stereocenters. The van der Waals surface area contributed by atoms with Crippen molar-refractivity contribution in [1.29, 1.82) is 0 Å². The van der Waals surface area contributed by atoms with Crippen LogP contribution in [-0.2, 0) is 11.2 Å². The van der Waals surface area contributed by atoms with Crippen molar-refractivity contribution in [1.82, 2.24) is 25.0 Å². The first kappa shape index (κ1) is 18.4. The smallest absolute Gasteiger partial charge is 0.157 e. The Bertz CT molecular complexity index is 731. The molecular formula is C20H29N5O2. The number of hydrogen-bond acceptors (Lipinski definition) is 6. The number of ether oxygens (including phenoxy) is 2. The van der Waals surface area contributed by atoms with Crippen LogP contribution in [0.3, 0.4) is 0 Å². The van der Waals surface area contributed by atoms with Crippen LogP contribution in [0.1, 0.15) is 42.2 Å². The van der Waals surface area contributed by atoms with Crippen molar-refractivity contribution in [2.45, 2.75) is 31.4 Å². The van der Waals surface area contributed by atoms with Gasteiger partial charge >= 0.3 is 0 Å². The van der Waals surface area contributed by atoms with E-state index in [-0.39, 0.29) is 6.10 Å². The number of piperidine rings is 1. The summed E-state index contributed by atoms with van der Waals surface area (Å²) in [4.78, 5) is 7.29. The number of aromatic nitrogens is 3. The zero-order valence-corrected chi connectivity index (χ0v) is 16.2. The summed E-state index contributed by atoms with van der Waals surface area (Å²) in [7, 11) is 3.87. The number of nitrogens with zero attached hydrogens (tertiary/aromatic N) is 4. The number of rotatable bonds is 5. The fourth-order valence-corrected chi connectivity index (χ4v) is 3.84. The van der Waals surface area contributed by atoms with Gasteiger partial charge in [0.15, 0.2) is 11.6 Å². The van der Waals surface area contributed by atoms with Gasteiger partial charge in [-0.2, -0.15) is 5.10 Å². The van der Waals surface area contributed by atoms with E-state index in [1.807, 2.05) is 12.1 Å².